The fourth-order valence-corrected chi connectivity index (χ4v) is 19.7. The standard InChI is InChI=1S/C42H56F2N4O9S.C31H41N3O7.C10H16F2N2O3S.CH4.ClH/c1-23-33-22-48(36(23)31(49)21-42(20-25(42)17-34(43)44)39(52)47-58(53,54)41(5)14-15-41)38(51)27(40(2,3)4)19-35(50)56-32-16-24(32)10-8-7-9-11-29-37(57-33)46-30-18-26(55-6)12-13-28(30)45-29;1-17-25-16-34(27(17)30(37)38)29(36)20(31(2,3)4)15-26(35)40-24-13-18(24)9-7-6-8-10-22-28(41-25)33-23-14-19(39-5)11-12-21(23)32-22;1-9(2-3-9)18(16,17)14-8(15)10(13)5-6(10)4-7(11)12;;/h12-13,18,23-25,27,32-34,36H,7-11,14-17,19-22H2,1-6H3,(H,47,52);11-12,14,17-18,20,24-25,27H,6-10,13,15-16H2,1-5H3,(H,37,38);6-7H,2-5,13H2,1H3,(H,14,15);1H4;1H/t23-,24-,25-,27-,32-,33+,36+,42-;17-,18-,20-,24-,25+,27+;6-,10-;;/m111../s1. The van der Waals surface area contributed by atoms with Crippen LogP contribution in [0.1, 0.15) is 223 Å². The van der Waals surface area contributed by atoms with Gasteiger partial charge in [0.15, 0.2) is 5.78 Å². The number of aryl methyl sites for hydroxylation is 2. The number of fused-ring (bicyclic) bond motifs is 10. The highest BCUT2D eigenvalue weighted by molar-refractivity contribution is 7.92. The van der Waals surface area contributed by atoms with Gasteiger partial charge in [-0.15, -0.1) is 12.4 Å². The molecule has 0 spiro atoms. The summed E-state index contributed by atoms with van der Waals surface area (Å²) in [6.45, 7) is 17.8. The van der Waals surface area contributed by atoms with Gasteiger partial charge in [-0.1, -0.05) is 88.5 Å². The van der Waals surface area contributed by atoms with Crippen molar-refractivity contribution >= 4 is 102 Å². The molecular formula is C84H118ClF4N9O19S2. The molecule has 28 nitrogen and oxygen atoms in total. The van der Waals surface area contributed by atoms with Crippen molar-refractivity contribution in [2.45, 2.75) is 289 Å². The molecule has 119 heavy (non-hydrogen) atoms. The molecule has 16 atom stereocenters. The van der Waals surface area contributed by atoms with E-state index in [9.17, 15) is 77.9 Å². The zero-order chi connectivity index (χ0) is 85.2. The van der Waals surface area contributed by atoms with Crippen LogP contribution in [0.3, 0.4) is 0 Å². The molecule has 6 saturated carbocycles. The molecule has 4 aliphatic heterocycles. The Kier molecular flexibility index (Phi) is 28.2. The second-order valence-electron chi connectivity index (χ2n) is 37.1. The van der Waals surface area contributed by atoms with Gasteiger partial charge < -0.3 is 49.1 Å². The molecule has 0 unspecified atom stereocenters. The van der Waals surface area contributed by atoms with Gasteiger partial charge in [0, 0.05) is 43.2 Å². The van der Waals surface area contributed by atoms with E-state index in [-0.39, 0.29) is 88.5 Å². The predicted molar refractivity (Wildman–Crippen MR) is 433 cm³/mol. The van der Waals surface area contributed by atoms with Gasteiger partial charge in [0.05, 0.1) is 101 Å². The van der Waals surface area contributed by atoms with Crippen molar-refractivity contribution in [3.63, 3.8) is 0 Å². The van der Waals surface area contributed by atoms with Crippen molar-refractivity contribution in [2.75, 3.05) is 27.3 Å². The number of hydrogen-bond acceptors (Lipinski definition) is 23. The Morgan fingerprint density at radius 2 is 1.00 bits per heavy atom. The lowest BCUT2D eigenvalue weighted by molar-refractivity contribution is -0.157. The molecule has 6 aliphatic carbocycles. The van der Waals surface area contributed by atoms with Crippen LogP contribution in [0.2, 0.25) is 0 Å². The number of carboxylic acids is 1. The number of nitrogens with two attached hydrogens (primary N) is 1. The van der Waals surface area contributed by atoms with Gasteiger partial charge in [-0.3, -0.25) is 43.0 Å². The summed E-state index contributed by atoms with van der Waals surface area (Å²) in [5.41, 5.74) is 5.02. The van der Waals surface area contributed by atoms with Crippen molar-refractivity contribution < 1.29 is 106 Å². The molecule has 35 heteroatoms. The molecule has 660 valence electrons. The van der Waals surface area contributed by atoms with Crippen molar-refractivity contribution in [3.05, 3.63) is 47.8 Å². The van der Waals surface area contributed by atoms with Crippen molar-refractivity contribution in [2.24, 2.45) is 69.3 Å². The summed E-state index contributed by atoms with van der Waals surface area (Å²) in [5.74, 6) is -7.25. The van der Waals surface area contributed by atoms with E-state index in [1.54, 1.807) is 46.3 Å². The minimum atomic E-state index is -4.14. The van der Waals surface area contributed by atoms with Crippen LogP contribution in [0.25, 0.3) is 22.1 Å². The summed E-state index contributed by atoms with van der Waals surface area (Å²) in [4.78, 5) is 130. The number of aromatic nitrogens is 4. The molecule has 2 saturated heterocycles. The predicted octanol–water partition coefficient (Wildman–Crippen LogP) is 11.8. The van der Waals surface area contributed by atoms with Crippen molar-refractivity contribution in [3.8, 4) is 23.3 Å². The summed E-state index contributed by atoms with van der Waals surface area (Å²) in [6.07, 6.45) is 2.90. The molecule has 2 aromatic heterocycles. The van der Waals surface area contributed by atoms with Crippen LogP contribution in [0.5, 0.6) is 23.3 Å². The number of nitrogens with one attached hydrogen (secondary N) is 2. The molecule has 5 N–H and O–H groups in total. The molecule has 4 aromatic rings. The number of carboxylic acid groups (broad SMARTS) is 1. The van der Waals surface area contributed by atoms with E-state index in [4.69, 9.17) is 54.1 Å². The van der Waals surface area contributed by atoms with Crippen molar-refractivity contribution in [1.29, 1.82) is 0 Å². The monoisotopic (exact) mass is 1730 g/mol. The molecule has 6 heterocycles. The number of amides is 4. The summed E-state index contributed by atoms with van der Waals surface area (Å²) in [5, 5.41) is 10.2. The van der Waals surface area contributed by atoms with Crippen LogP contribution in [0.15, 0.2) is 36.4 Å². The quantitative estimate of drug-likeness (QED) is 0.0598. The van der Waals surface area contributed by atoms with E-state index >= 15 is 0 Å². The maximum Gasteiger partial charge on any atom is 0.326 e. The first-order valence-corrected chi connectivity index (χ1v) is 44.1. The number of methoxy groups -OCH3 is 2. The summed E-state index contributed by atoms with van der Waals surface area (Å²) < 4.78 is 139. The third-order valence-electron chi connectivity index (χ3n) is 26.1. The molecule has 4 amide bonds. The third-order valence-corrected chi connectivity index (χ3v) is 30.4. The van der Waals surface area contributed by atoms with Crippen LogP contribution in [0, 0.1) is 63.6 Å². The van der Waals surface area contributed by atoms with Crippen molar-refractivity contribution in [1.82, 2.24) is 39.2 Å². The smallest absolute Gasteiger partial charge is 0.326 e. The fraction of sp³-hybridized carbons (Fsp3) is 0.714. The Morgan fingerprint density at radius 1 is 0.588 bits per heavy atom. The number of ether oxygens (including phenoxy) is 6. The van der Waals surface area contributed by atoms with E-state index in [1.165, 1.54) is 23.6 Å². The van der Waals surface area contributed by atoms with E-state index in [0.717, 1.165) is 75.4 Å². The number of alkyl halides is 4. The van der Waals surface area contributed by atoms with Gasteiger partial charge in [0.1, 0.15) is 53.3 Å². The zero-order valence-electron chi connectivity index (χ0n) is 69.2. The average Bonchev–Trinajstić information content (AvgIpc) is 1.56. The number of esters is 2. The molecule has 10 aliphatic rings. The van der Waals surface area contributed by atoms with Gasteiger partial charge in [-0.25, -0.2) is 59.1 Å². The highest BCUT2D eigenvalue weighted by Gasteiger charge is 2.65. The molecule has 4 bridgehead atoms. The summed E-state index contributed by atoms with van der Waals surface area (Å²) in [7, 11) is -4.74. The van der Waals surface area contributed by atoms with Gasteiger partial charge in [-0.2, -0.15) is 0 Å². The van der Waals surface area contributed by atoms with E-state index in [2.05, 4.69) is 4.72 Å². The SMILES string of the molecule is C.CC1(S(=O)(=O)NC(=O)[C@@]2(N)C[C@H]2CC(F)F)CC1.COc1ccc2nc3c(nc2c1)O[C@H]1CN(C(=O)[C@H](C(C)(C)C)CC(=O)O[C@@H]2C[C@H]2CCCCC3)[C@H](C(=O)C[C@]2(C(=O)NS(=O)(=O)C3(C)CC3)C[C@H]2CC(F)F)[C@@H]1C.COc1ccc2nc3c(nc2c1)O[C@H]1CN(C(=O)[C@H](C(C)(C)C)CC(=O)O[C@@H]2C[C@H]2CCCCC3)[C@H](C(=O)O)[C@@H]1C.Cl. The minimum absolute atomic E-state index is 0. The number of ketones is 1. The summed E-state index contributed by atoms with van der Waals surface area (Å²) in [6, 6.07) is 8.59. The lowest BCUT2D eigenvalue weighted by Gasteiger charge is -2.35. The Morgan fingerprint density at radius 3 is 1.40 bits per heavy atom. The topological polar surface area (TPSA) is 389 Å². The van der Waals surface area contributed by atoms with Crippen LogP contribution in [-0.4, -0.2) is 191 Å². The summed E-state index contributed by atoms with van der Waals surface area (Å²) >= 11 is 0. The number of halogens is 5. The normalized spacial score (nSPS) is 30.4. The first-order chi connectivity index (χ1) is 54.8. The molecule has 0 radical (unpaired) electrons. The third kappa shape index (κ3) is 21.1. The van der Waals surface area contributed by atoms with Crippen LogP contribution in [0.4, 0.5) is 17.6 Å². The van der Waals surface area contributed by atoms with E-state index in [0.29, 0.717) is 84.1 Å². The number of nitrogens with zero attached hydrogens (tertiary/aromatic N) is 6. The number of hydrogen-bond donors (Lipinski definition) is 4. The number of rotatable bonds is 16. The first kappa shape index (κ1) is 93.4. The van der Waals surface area contributed by atoms with Crippen LogP contribution in [-0.2, 0) is 80.7 Å². The Labute approximate surface area is 700 Å². The second kappa shape index (κ2) is 35.9. The van der Waals surface area contributed by atoms with Gasteiger partial charge in [-0.05, 0) is 163 Å². The number of Topliss-reactive ketones (excluding diaryl/α,β-unsaturated/α-hetero) is 1. The number of aliphatic carboxylic acids is 1. The van der Waals surface area contributed by atoms with E-state index in [1.807, 2.05) is 64.5 Å². The first-order valence-electron chi connectivity index (χ1n) is 41.1. The second-order valence-corrected chi connectivity index (χ2v) is 41.4. The highest BCUT2D eigenvalue weighted by Crippen LogP contribution is 2.60. The molecule has 2 aromatic carbocycles. The Balaban J connectivity index is 0.000000211. The highest BCUT2D eigenvalue weighted by atomic mass is 35.5. The number of carbonyl (C=O) groups is 8. The fourth-order valence-electron chi connectivity index (χ4n) is 17.0. The lowest BCUT2D eigenvalue weighted by atomic mass is 9.77. The lowest BCUT2D eigenvalue weighted by Crippen LogP contribution is -2.50. The van der Waals surface area contributed by atoms with Crippen LogP contribution < -0.4 is 34.1 Å². The number of sulfonamides is 2. The van der Waals surface area contributed by atoms with Crippen LogP contribution >= 0.6 is 12.4 Å². The number of benzene rings is 2. The van der Waals surface area contributed by atoms with Gasteiger partial charge >= 0.3 is 17.9 Å². The number of carbonyl (C=O) groups excluding carboxylic acids is 7. The maximum atomic E-state index is 14.9. The Bertz CT molecular complexity index is 4720. The van der Waals surface area contributed by atoms with Gasteiger partial charge in [0.2, 0.25) is 62.4 Å². The zero-order valence-corrected chi connectivity index (χ0v) is 71.6. The molecular weight excluding hydrogens is 1610 g/mol. The largest absolute Gasteiger partial charge is 0.497 e. The minimum Gasteiger partial charge on any atom is -0.497 e. The van der Waals surface area contributed by atoms with Gasteiger partial charge in [0.25, 0.3) is 5.91 Å². The maximum absolute atomic E-state index is 14.9. The average molecular weight is 1730 g/mol. The van der Waals surface area contributed by atoms with E-state index < -0.39 is 185 Å². The Hall–Kier alpha value is -7.85. The molecule has 14 rings (SSSR count). The molecule has 8 fully saturated rings.